The van der Waals surface area contributed by atoms with Gasteiger partial charge in [-0.3, -0.25) is 0 Å². The summed E-state index contributed by atoms with van der Waals surface area (Å²) >= 11 is 0. The molecule has 0 radical (unpaired) electrons. The fourth-order valence-electron chi connectivity index (χ4n) is 2.39. The van der Waals surface area contributed by atoms with Crippen molar-refractivity contribution in [2.45, 2.75) is 38.8 Å². The Labute approximate surface area is 131 Å². The van der Waals surface area contributed by atoms with Crippen LogP contribution >= 0.6 is 0 Å². The maximum atomic E-state index is 13.8. The van der Waals surface area contributed by atoms with Gasteiger partial charge in [0.15, 0.2) is 23.3 Å². The SMILES string of the molecule is CC(C)(C)OC(=O)N[C@H]1CCN(c2c(F)c(F)cc(F)c2F)C1. The Morgan fingerprint density at radius 1 is 1.22 bits per heavy atom. The highest BCUT2D eigenvalue weighted by molar-refractivity contribution is 5.68. The molecule has 1 aromatic carbocycles. The molecule has 1 aliphatic heterocycles. The standard InChI is InChI=1S/C15H18F4N2O2/c1-15(2,3)23-14(22)20-8-4-5-21(7-8)13-11(18)9(16)6-10(17)12(13)19/h6,8H,4-5,7H2,1-3H3,(H,20,22)/t8-/m0/s1. The Bertz CT molecular complexity index is 590. The van der Waals surface area contributed by atoms with E-state index >= 15 is 0 Å². The zero-order valence-corrected chi connectivity index (χ0v) is 13.1. The van der Waals surface area contributed by atoms with Gasteiger partial charge in [-0.05, 0) is 27.2 Å². The molecule has 8 heteroatoms. The number of nitrogens with zero attached hydrogens (tertiary/aromatic N) is 1. The lowest BCUT2D eigenvalue weighted by atomic mass is 10.2. The summed E-state index contributed by atoms with van der Waals surface area (Å²) in [4.78, 5) is 12.8. The molecule has 2 rings (SSSR count). The average molecular weight is 334 g/mol. The number of alkyl carbamates (subject to hydrolysis) is 1. The van der Waals surface area contributed by atoms with Crippen molar-refractivity contribution in [2.75, 3.05) is 18.0 Å². The number of carbonyl (C=O) groups is 1. The quantitative estimate of drug-likeness (QED) is 0.666. The van der Waals surface area contributed by atoms with Gasteiger partial charge in [0.25, 0.3) is 0 Å². The van der Waals surface area contributed by atoms with Crippen molar-refractivity contribution in [3.8, 4) is 0 Å². The van der Waals surface area contributed by atoms with Crippen molar-refractivity contribution in [2.24, 2.45) is 0 Å². The van der Waals surface area contributed by atoms with Gasteiger partial charge in [0.2, 0.25) is 0 Å². The molecule has 23 heavy (non-hydrogen) atoms. The number of hydrogen-bond acceptors (Lipinski definition) is 3. The van der Waals surface area contributed by atoms with Gasteiger partial charge in [-0.15, -0.1) is 0 Å². The van der Waals surface area contributed by atoms with Gasteiger partial charge in [-0.25, -0.2) is 22.4 Å². The highest BCUT2D eigenvalue weighted by Gasteiger charge is 2.31. The van der Waals surface area contributed by atoms with E-state index < -0.39 is 46.7 Å². The summed E-state index contributed by atoms with van der Waals surface area (Å²) in [7, 11) is 0. The van der Waals surface area contributed by atoms with Gasteiger partial charge in [0.1, 0.15) is 11.3 Å². The van der Waals surface area contributed by atoms with Crippen LogP contribution in [0.25, 0.3) is 0 Å². The van der Waals surface area contributed by atoms with Crippen LogP contribution in [0.4, 0.5) is 28.0 Å². The number of hydrogen-bond donors (Lipinski definition) is 1. The average Bonchev–Trinajstić information content (AvgIpc) is 2.82. The number of carbonyl (C=O) groups excluding carboxylic acids is 1. The molecule has 1 fully saturated rings. The van der Waals surface area contributed by atoms with Crippen molar-refractivity contribution < 1.29 is 27.1 Å². The minimum absolute atomic E-state index is 0.0238. The van der Waals surface area contributed by atoms with Crippen LogP contribution in [0.2, 0.25) is 0 Å². The summed E-state index contributed by atoms with van der Waals surface area (Å²) < 4.78 is 59.2. The fraction of sp³-hybridized carbons (Fsp3) is 0.533. The first kappa shape index (κ1) is 17.4. The van der Waals surface area contributed by atoms with E-state index in [0.29, 0.717) is 6.42 Å². The summed E-state index contributed by atoms with van der Waals surface area (Å²) in [6, 6.07) is -0.268. The summed E-state index contributed by atoms with van der Waals surface area (Å²) in [5.74, 6) is -5.80. The maximum Gasteiger partial charge on any atom is 0.407 e. The second-order valence-corrected chi connectivity index (χ2v) is 6.39. The highest BCUT2D eigenvalue weighted by atomic mass is 19.2. The predicted octanol–water partition coefficient (Wildman–Crippen LogP) is 3.35. The van der Waals surface area contributed by atoms with Gasteiger partial charge < -0.3 is 15.0 Å². The number of anilines is 1. The maximum absolute atomic E-state index is 13.8. The first-order valence-electron chi connectivity index (χ1n) is 7.16. The van der Waals surface area contributed by atoms with Gasteiger partial charge in [-0.1, -0.05) is 0 Å². The first-order chi connectivity index (χ1) is 10.6. The second kappa shape index (κ2) is 6.25. The molecule has 1 saturated heterocycles. The van der Waals surface area contributed by atoms with E-state index in [1.54, 1.807) is 20.8 Å². The monoisotopic (exact) mass is 334 g/mol. The number of ether oxygens (including phenoxy) is 1. The molecule has 0 unspecified atom stereocenters. The van der Waals surface area contributed by atoms with E-state index in [-0.39, 0.29) is 19.2 Å². The lowest BCUT2D eigenvalue weighted by Crippen LogP contribution is -2.40. The van der Waals surface area contributed by atoms with Crippen LogP contribution in [0.3, 0.4) is 0 Å². The lowest BCUT2D eigenvalue weighted by Gasteiger charge is -2.23. The zero-order chi connectivity index (χ0) is 17.4. The number of halogens is 4. The molecular formula is C15H18F4N2O2. The summed E-state index contributed by atoms with van der Waals surface area (Å²) in [5, 5.41) is 2.57. The van der Waals surface area contributed by atoms with E-state index in [1.807, 2.05) is 0 Å². The van der Waals surface area contributed by atoms with Crippen molar-refractivity contribution in [3.05, 3.63) is 29.3 Å². The molecule has 4 nitrogen and oxygen atoms in total. The molecular weight excluding hydrogens is 316 g/mol. The normalized spacial score (nSPS) is 18.2. The minimum Gasteiger partial charge on any atom is -0.444 e. The van der Waals surface area contributed by atoms with Crippen molar-refractivity contribution >= 4 is 11.8 Å². The third-order valence-electron chi connectivity index (χ3n) is 3.31. The van der Waals surface area contributed by atoms with E-state index in [0.717, 1.165) is 0 Å². The van der Waals surface area contributed by atoms with Crippen molar-refractivity contribution in [1.82, 2.24) is 5.32 Å². The topological polar surface area (TPSA) is 41.6 Å². The van der Waals surface area contributed by atoms with Crippen molar-refractivity contribution in [3.63, 3.8) is 0 Å². The first-order valence-corrected chi connectivity index (χ1v) is 7.16. The Hall–Kier alpha value is -1.99. The largest absolute Gasteiger partial charge is 0.444 e. The van der Waals surface area contributed by atoms with Crippen LogP contribution in [0.5, 0.6) is 0 Å². The third kappa shape index (κ3) is 4.05. The lowest BCUT2D eigenvalue weighted by molar-refractivity contribution is 0.0509. The predicted molar refractivity (Wildman–Crippen MR) is 76.3 cm³/mol. The van der Waals surface area contributed by atoms with Crippen LogP contribution in [0.15, 0.2) is 6.07 Å². The van der Waals surface area contributed by atoms with Crippen LogP contribution in [-0.4, -0.2) is 30.8 Å². The van der Waals surface area contributed by atoms with Crippen molar-refractivity contribution in [1.29, 1.82) is 0 Å². The number of amides is 1. The van der Waals surface area contributed by atoms with E-state index in [4.69, 9.17) is 4.74 Å². The van der Waals surface area contributed by atoms with Gasteiger partial charge in [0.05, 0.1) is 6.04 Å². The second-order valence-electron chi connectivity index (χ2n) is 6.39. The minimum atomic E-state index is -1.46. The molecule has 1 N–H and O–H groups in total. The summed E-state index contributed by atoms with van der Waals surface area (Å²) in [6.45, 7) is 5.28. The highest BCUT2D eigenvalue weighted by Crippen LogP contribution is 2.30. The van der Waals surface area contributed by atoms with E-state index in [9.17, 15) is 22.4 Å². The molecule has 1 amide bonds. The van der Waals surface area contributed by atoms with E-state index in [1.165, 1.54) is 4.90 Å². The van der Waals surface area contributed by atoms with Gasteiger partial charge in [0, 0.05) is 19.2 Å². The molecule has 1 aliphatic rings. The Morgan fingerprint density at radius 3 is 2.30 bits per heavy atom. The van der Waals surface area contributed by atoms with E-state index in [2.05, 4.69) is 5.32 Å². The molecule has 1 aromatic rings. The molecule has 1 atom stereocenters. The fourth-order valence-corrected chi connectivity index (χ4v) is 2.39. The summed E-state index contributed by atoms with van der Waals surface area (Å²) in [5.41, 5.74) is -1.43. The zero-order valence-electron chi connectivity index (χ0n) is 13.1. The third-order valence-corrected chi connectivity index (χ3v) is 3.31. The van der Waals surface area contributed by atoms with Gasteiger partial charge >= 0.3 is 6.09 Å². The Kier molecular flexibility index (Phi) is 4.72. The molecule has 0 aliphatic carbocycles. The molecule has 0 bridgehead atoms. The smallest absolute Gasteiger partial charge is 0.407 e. The number of benzene rings is 1. The summed E-state index contributed by atoms with van der Waals surface area (Å²) in [6.07, 6.45) is -0.285. The Morgan fingerprint density at radius 2 is 1.78 bits per heavy atom. The van der Waals surface area contributed by atoms with Crippen LogP contribution < -0.4 is 10.2 Å². The molecule has 128 valence electrons. The van der Waals surface area contributed by atoms with Crippen LogP contribution in [-0.2, 0) is 4.74 Å². The number of nitrogens with one attached hydrogen (secondary N) is 1. The van der Waals surface area contributed by atoms with Crippen LogP contribution in [0, 0.1) is 23.3 Å². The molecule has 0 aromatic heterocycles. The molecule has 0 saturated carbocycles. The Balaban J connectivity index is 2.08. The molecule has 1 heterocycles. The van der Waals surface area contributed by atoms with Crippen LogP contribution in [0.1, 0.15) is 27.2 Å². The molecule has 0 spiro atoms. The number of rotatable bonds is 2. The van der Waals surface area contributed by atoms with Gasteiger partial charge in [-0.2, -0.15) is 0 Å².